The number of carbonyl (C=O) groups excluding carboxylic acids is 1. The number of esters is 1. The van der Waals surface area contributed by atoms with Crippen LogP contribution in [0.25, 0.3) is 10.9 Å². The SMILES string of the molecule is CC.CC.COC(=O)c1nnc(-c2nc(C)no2)s1. The largest absolute Gasteiger partial charge is 0.464 e. The van der Waals surface area contributed by atoms with Gasteiger partial charge in [-0.2, -0.15) is 4.98 Å². The molecule has 0 amide bonds. The predicted octanol–water partition coefficient (Wildman–Crippen LogP) is 2.74. The first-order valence-electron chi connectivity index (χ1n) is 5.93. The fourth-order valence-electron chi connectivity index (χ4n) is 0.863. The molecule has 2 rings (SSSR count). The van der Waals surface area contributed by atoms with Crippen molar-refractivity contribution < 1.29 is 14.1 Å². The van der Waals surface area contributed by atoms with E-state index < -0.39 is 5.97 Å². The summed E-state index contributed by atoms with van der Waals surface area (Å²) in [6, 6.07) is 0. The van der Waals surface area contributed by atoms with Gasteiger partial charge in [0.2, 0.25) is 10.0 Å². The highest BCUT2D eigenvalue weighted by atomic mass is 32.1. The number of nitrogens with zero attached hydrogens (tertiary/aromatic N) is 4. The van der Waals surface area contributed by atoms with Gasteiger partial charge in [0.1, 0.15) is 0 Å². The summed E-state index contributed by atoms with van der Waals surface area (Å²) >= 11 is 1.04. The first-order valence-corrected chi connectivity index (χ1v) is 6.75. The molecule has 2 heterocycles. The van der Waals surface area contributed by atoms with E-state index in [0.717, 1.165) is 11.3 Å². The summed E-state index contributed by atoms with van der Waals surface area (Å²) in [4.78, 5) is 15.0. The van der Waals surface area contributed by atoms with Crippen molar-refractivity contribution >= 4 is 17.3 Å². The molecule has 0 unspecified atom stereocenters. The molecule has 0 spiro atoms. The molecule has 0 saturated heterocycles. The van der Waals surface area contributed by atoms with Gasteiger partial charge < -0.3 is 9.26 Å². The zero-order valence-electron chi connectivity index (χ0n) is 11.9. The van der Waals surface area contributed by atoms with Gasteiger partial charge in [-0.25, -0.2) is 4.79 Å². The molecule has 0 aliphatic rings. The lowest BCUT2D eigenvalue weighted by Gasteiger charge is -1.88. The van der Waals surface area contributed by atoms with Crippen LogP contribution in [0.3, 0.4) is 0 Å². The third kappa shape index (κ3) is 4.74. The minimum atomic E-state index is -0.532. The number of carbonyl (C=O) groups is 1. The van der Waals surface area contributed by atoms with Crippen LogP contribution >= 0.6 is 11.3 Å². The van der Waals surface area contributed by atoms with Crippen LogP contribution in [0, 0.1) is 6.92 Å². The summed E-state index contributed by atoms with van der Waals surface area (Å²) in [7, 11) is 1.28. The van der Waals surface area contributed by atoms with Gasteiger partial charge >= 0.3 is 5.97 Å². The second-order valence-electron chi connectivity index (χ2n) is 2.55. The molecule has 0 bridgehead atoms. The van der Waals surface area contributed by atoms with Crippen LogP contribution in [0.2, 0.25) is 0 Å². The van der Waals surface area contributed by atoms with E-state index in [4.69, 9.17) is 4.52 Å². The predicted molar refractivity (Wildman–Crippen MR) is 72.0 cm³/mol. The van der Waals surface area contributed by atoms with E-state index in [1.807, 2.05) is 27.7 Å². The Bertz CT molecular complexity index is 496. The smallest absolute Gasteiger partial charge is 0.369 e. The summed E-state index contributed by atoms with van der Waals surface area (Å²) in [5.74, 6) is 0.218. The van der Waals surface area contributed by atoms with E-state index in [1.165, 1.54) is 7.11 Å². The molecule has 0 saturated carbocycles. The number of ether oxygens (including phenoxy) is 1. The Labute approximate surface area is 116 Å². The molecule has 2 aromatic heterocycles. The molecular weight excluding hydrogens is 268 g/mol. The summed E-state index contributed by atoms with van der Waals surface area (Å²) in [6.07, 6.45) is 0. The minimum absolute atomic E-state index is 0.156. The van der Waals surface area contributed by atoms with E-state index in [0.29, 0.717) is 10.8 Å². The monoisotopic (exact) mass is 286 g/mol. The molecule has 7 nitrogen and oxygen atoms in total. The van der Waals surface area contributed by atoms with Gasteiger partial charge in [-0.3, -0.25) is 0 Å². The lowest BCUT2D eigenvalue weighted by Crippen LogP contribution is -1.99. The van der Waals surface area contributed by atoms with Gasteiger partial charge in [0.25, 0.3) is 5.89 Å². The molecule has 0 N–H and O–H groups in total. The molecule has 19 heavy (non-hydrogen) atoms. The summed E-state index contributed by atoms with van der Waals surface area (Å²) < 4.78 is 9.36. The van der Waals surface area contributed by atoms with E-state index in [-0.39, 0.29) is 10.9 Å². The number of aromatic nitrogens is 4. The van der Waals surface area contributed by atoms with Crippen molar-refractivity contribution in [3.05, 3.63) is 10.8 Å². The quantitative estimate of drug-likeness (QED) is 0.784. The number of rotatable bonds is 2. The molecule has 8 heteroatoms. The fourth-order valence-corrected chi connectivity index (χ4v) is 1.55. The van der Waals surface area contributed by atoms with Crippen molar-refractivity contribution in [2.75, 3.05) is 7.11 Å². The van der Waals surface area contributed by atoms with E-state index in [9.17, 15) is 4.79 Å². The topological polar surface area (TPSA) is 91.0 Å². The lowest BCUT2D eigenvalue weighted by atomic mass is 10.7. The maximum atomic E-state index is 11.1. The zero-order valence-corrected chi connectivity index (χ0v) is 12.7. The molecule has 0 radical (unpaired) electrons. The molecule has 106 valence electrons. The highest BCUT2D eigenvalue weighted by molar-refractivity contribution is 7.16. The summed E-state index contributed by atoms with van der Waals surface area (Å²) in [5.41, 5.74) is 0. The molecule has 0 fully saturated rings. The second kappa shape index (κ2) is 9.15. The second-order valence-corrected chi connectivity index (χ2v) is 3.53. The molecule has 0 aliphatic carbocycles. The van der Waals surface area contributed by atoms with Crippen molar-refractivity contribution in [2.24, 2.45) is 0 Å². The van der Waals surface area contributed by atoms with Gasteiger partial charge in [-0.05, 0) is 6.92 Å². The van der Waals surface area contributed by atoms with Crippen molar-refractivity contribution in [3.8, 4) is 10.9 Å². The van der Waals surface area contributed by atoms with Crippen molar-refractivity contribution in [1.29, 1.82) is 0 Å². The van der Waals surface area contributed by atoms with Gasteiger partial charge in [0.05, 0.1) is 7.11 Å². The molecular formula is C11H18N4O3S. The van der Waals surface area contributed by atoms with Crippen LogP contribution in [0.4, 0.5) is 0 Å². The normalized spacial score (nSPS) is 8.74. The van der Waals surface area contributed by atoms with Crippen LogP contribution in [-0.4, -0.2) is 33.4 Å². The Hall–Kier alpha value is -1.83. The highest BCUT2D eigenvalue weighted by Gasteiger charge is 2.17. The van der Waals surface area contributed by atoms with E-state index in [2.05, 4.69) is 25.1 Å². The van der Waals surface area contributed by atoms with Gasteiger partial charge in [-0.15, -0.1) is 10.2 Å². The van der Waals surface area contributed by atoms with Crippen LogP contribution in [-0.2, 0) is 4.74 Å². The number of hydrogen-bond acceptors (Lipinski definition) is 8. The zero-order chi connectivity index (χ0) is 14.8. The van der Waals surface area contributed by atoms with Crippen molar-refractivity contribution in [3.63, 3.8) is 0 Å². The summed E-state index contributed by atoms with van der Waals surface area (Å²) in [5, 5.41) is 11.5. The van der Waals surface area contributed by atoms with Gasteiger partial charge in [0.15, 0.2) is 5.82 Å². The summed E-state index contributed by atoms with van der Waals surface area (Å²) in [6.45, 7) is 9.69. The first kappa shape index (κ1) is 17.2. The third-order valence-corrected chi connectivity index (χ3v) is 2.39. The Kier molecular flexibility index (Phi) is 8.27. The molecule has 0 aliphatic heterocycles. The van der Waals surface area contributed by atoms with Crippen LogP contribution in [0.1, 0.15) is 43.3 Å². The van der Waals surface area contributed by atoms with Crippen LogP contribution < -0.4 is 0 Å². The fraction of sp³-hybridized carbons (Fsp3) is 0.545. The van der Waals surface area contributed by atoms with Crippen molar-refractivity contribution in [2.45, 2.75) is 34.6 Å². The van der Waals surface area contributed by atoms with E-state index in [1.54, 1.807) is 6.92 Å². The number of aryl methyl sites for hydroxylation is 1. The van der Waals surface area contributed by atoms with Gasteiger partial charge in [0, 0.05) is 0 Å². The van der Waals surface area contributed by atoms with Gasteiger partial charge in [-0.1, -0.05) is 44.2 Å². The molecule has 2 aromatic rings. The molecule has 0 aromatic carbocycles. The maximum Gasteiger partial charge on any atom is 0.369 e. The van der Waals surface area contributed by atoms with Crippen molar-refractivity contribution in [1.82, 2.24) is 20.3 Å². The maximum absolute atomic E-state index is 11.1. The molecule has 0 atom stereocenters. The standard InChI is InChI=1S/C7H6N4O3S.2C2H6/c1-3-8-4(14-11-3)5-9-10-6(15-5)7(12)13-2;2*1-2/h1-2H3;2*1-2H3. The van der Waals surface area contributed by atoms with Crippen LogP contribution in [0.5, 0.6) is 0 Å². The number of hydrogen-bond donors (Lipinski definition) is 0. The van der Waals surface area contributed by atoms with Crippen LogP contribution in [0.15, 0.2) is 4.52 Å². The first-order chi connectivity index (χ1) is 9.20. The Balaban J connectivity index is 0.000000741. The average Bonchev–Trinajstić information content (AvgIpc) is 3.11. The third-order valence-electron chi connectivity index (χ3n) is 1.50. The average molecular weight is 286 g/mol. The Morgan fingerprint density at radius 1 is 1.21 bits per heavy atom. The Morgan fingerprint density at radius 3 is 2.32 bits per heavy atom. The highest BCUT2D eigenvalue weighted by Crippen LogP contribution is 2.21. The lowest BCUT2D eigenvalue weighted by molar-refractivity contribution is 0.0599. The minimum Gasteiger partial charge on any atom is -0.464 e. The Morgan fingerprint density at radius 2 is 1.84 bits per heavy atom. The number of methoxy groups -OCH3 is 1. The van der Waals surface area contributed by atoms with E-state index >= 15 is 0 Å².